The van der Waals surface area contributed by atoms with E-state index < -0.39 is 5.82 Å². The van der Waals surface area contributed by atoms with E-state index in [0.717, 1.165) is 17.9 Å². The molecule has 0 spiro atoms. The second-order valence-corrected chi connectivity index (χ2v) is 5.31. The van der Waals surface area contributed by atoms with Crippen molar-refractivity contribution in [3.8, 4) is 5.75 Å². The van der Waals surface area contributed by atoms with Crippen molar-refractivity contribution in [3.63, 3.8) is 0 Å². The first-order valence-corrected chi connectivity index (χ1v) is 7.68. The van der Waals surface area contributed by atoms with Crippen LogP contribution in [-0.2, 0) is 4.79 Å². The number of ether oxygens (including phenoxy) is 1. The third-order valence-corrected chi connectivity index (χ3v) is 3.27. The summed E-state index contributed by atoms with van der Waals surface area (Å²) in [5, 5.41) is 5.61. The molecule has 0 aliphatic rings. The molecule has 0 aromatic heterocycles. The molecule has 4 nitrogen and oxygen atoms in total. The van der Waals surface area contributed by atoms with Crippen molar-refractivity contribution in [2.45, 2.75) is 13.3 Å². The van der Waals surface area contributed by atoms with E-state index in [1.165, 1.54) is 18.2 Å². The molecule has 0 heterocycles. The molecule has 1 amide bonds. The van der Waals surface area contributed by atoms with E-state index in [4.69, 9.17) is 16.3 Å². The van der Waals surface area contributed by atoms with Crippen LogP contribution >= 0.6 is 11.6 Å². The van der Waals surface area contributed by atoms with Gasteiger partial charge < -0.3 is 15.4 Å². The monoisotopic (exact) mass is 336 g/mol. The number of carbonyl (C=O) groups is 1. The Kier molecular flexibility index (Phi) is 6.23. The van der Waals surface area contributed by atoms with Crippen molar-refractivity contribution in [3.05, 3.63) is 53.3 Å². The first-order chi connectivity index (χ1) is 11.1. The molecule has 0 saturated heterocycles. The van der Waals surface area contributed by atoms with Crippen LogP contribution in [0.4, 0.5) is 15.8 Å². The summed E-state index contributed by atoms with van der Waals surface area (Å²) in [5.74, 6) is 0.0231. The van der Waals surface area contributed by atoms with Crippen LogP contribution in [0.2, 0.25) is 5.02 Å². The minimum Gasteiger partial charge on any atom is -0.494 e. The highest BCUT2D eigenvalue weighted by Crippen LogP contribution is 2.19. The maximum absolute atomic E-state index is 13.0. The standard InChI is InChI=1S/C17H18ClFN2O2/c1-2-9-23-14-6-3-12(4-7-14)20-11-17(22)21-13-5-8-16(19)15(18)10-13/h3-8,10,20H,2,9,11H2,1H3,(H,21,22). The Balaban J connectivity index is 1.82. The maximum Gasteiger partial charge on any atom is 0.243 e. The second kappa shape index (κ2) is 8.39. The van der Waals surface area contributed by atoms with Crippen molar-refractivity contribution in [1.82, 2.24) is 0 Å². The number of hydrogen-bond donors (Lipinski definition) is 2. The molecule has 0 radical (unpaired) electrons. The molecule has 0 aliphatic carbocycles. The number of benzene rings is 2. The van der Waals surface area contributed by atoms with Gasteiger partial charge in [-0.25, -0.2) is 4.39 Å². The van der Waals surface area contributed by atoms with Gasteiger partial charge in [-0.3, -0.25) is 4.79 Å². The van der Waals surface area contributed by atoms with Gasteiger partial charge in [-0.05, 0) is 48.9 Å². The fourth-order valence-corrected chi connectivity index (χ4v) is 2.03. The summed E-state index contributed by atoms with van der Waals surface area (Å²) < 4.78 is 18.5. The summed E-state index contributed by atoms with van der Waals surface area (Å²) in [4.78, 5) is 11.9. The minimum atomic E-state index is -0.520. The molecular weight excluding hydrogens is 319 g/mol. The molecule has 23 heavy (non-hydrogen) atoms. The molecule has 0 aliphatic heterocycles. The van der Waals surface area contributed by atoms with Crippen molar-refractivity contribution in [1.29, 1.82) is 0 Å². The molecule has 0 saturated carbocycles. The number of anilines is 2. The lowest BCUT2D eigenvalue weighted by Crippen LogP contribution is -2.21. The van der Waals surface area contributed by atoms with Crippen LogP contribution in [0.15, 0.2) is 42.5 Å². The van der Waals surface area contributed by atoms with Crippen LogP contribution in [-0.4, -0.2) is 19.1 Å². The highest BCUT2D eigenvalue weighted by Gasteiger charge is 2.05. The Labute approximate surface area is 139 Å². The predicted octanol–water partition coefficient (Wildman–Crippen LogP) is 4.32. The minimum absolute atomic E-state index is 0.0292. The molecule has 6 heteroatoms. The highest BCUT2D eigenvalue weighted by molar-refractivity contribution is 6.31. The average Bonchev–Trinajstić information content (AvgIpc) is 2.55. The largest absolute Gasteiger partial charge is 0.494 e. The Morgan fingerprint density at radius 2 is 1.87 bits per heavy atom. The van der Waals surface area contributed by atoms with Crippen LogP contribution in [0.3, 0.4) is 0 Å². The van der Waals surface area contributed by atoms with Crippen LogP contribution in [0.5, 0.6) is 5.75 Å². The van der Waals surface area contributed by atoms with Gasteiger partial charge in [0.2, 0.25) is 5.91 Å². The molecule has 2 N–H and O–H groups in total. The van der Waals surface area contributed by atoms with Gasteiger partial charge >= 0.3 is 0 Å². The summed E-state index contributed by atoms with van der Waals surface area (Å²) in [6, 6.07) is 11.4. The third-order valence-electron chi connectivity index (χ3n) is 2.98. The van der Waals surface area contributed by atoms with E-state index in [2.05, 4.69) is 10.6 Å². The second-order valence-electron chi connectivity index (χ2n) is 4.90. The van der Waals surface area contributed by atoms with Gasteiger partial charge in [-0.2, -0.15) is 0 Å². The van der Waals surface area contributed by atoms with Crippen LogP contribution in [0.1, 0.15) is 13.3 Å². The van der Waals surface area contributed by atoms with Gasteiger partial charge in [0.15, 0.2) is 0 Å². The number of halogens is 2. The molecule has 0 bridgehead atoms. The van der Waals surface area contributed by atoms with E-state index in [-0.39, 0.29) is 17.5 Å². The van der Waals surface area contributed by atoms with Gasteiger partial charge in [0.05, 0.1) is 18.2 Å². The SMILES string of the molecule is CCCOc1ccc(NCC(=O)Nc2ccc(F)c(Cl)c2)cc1. The van der Waals surface area contributed by atoms with Gasteiger partial charge in [-0.1, -0.05) is 18.5 Å². The van der Waals surface area contributed by atoms with Crippen LogP contribution in [0, 0.1) is 5.82 Å². The third kappa shape index (κ3) is 5.45. The fourth-order valence-electron chi connectivity index (χ4n) is 1.85. The predicted molar refractivity (Wildman–Crippen MR) is 90.8 cm³/mol. The summed E-state index contributed by atoms with van der Waals surface area (Å²) >= 11 is 5.67. The lowest BCUT2D eigenvalue weighted by molar-refractivity contribution is -0.114. The molecule has 0 atom stereocenters. The fraction of sp³-hybridized carbons (Fsp3) is 0.235. The van der Waals surface area contributed by atoms with Crippen molar-refractivity contribution in [2.24, 2.45) is 0 Å². The number of nitrogens with one attached hydrogen (secondary N) is 2. The Morgan fingerprint density at radius 1 is 1.17 bits per heavy atom. The zero-order chi connectivity index (χ0) is 16.7. The molecule has 0 fully saturated rings. The number of amides is 1. The van der Waals surface area contributed by atoms with E-state index >= 15 is 0 Å². The van der Waals surface area contributed by atoms with Gasteiger partial charge in [0, 0.05) is 11.4 Å². The first kappa shape index (κ1) is 17.1. The zero-order valence-electron chi connectivity index (χ0n) is 12.7. The van der Waals surface area contributed by atoms with Crippen molar-refractivity contribution >= 4 is 28.9 Å². The Morgan fingerprint density at radius 3 is 2.52 bits per heavy atom. The summed E-state index contributed by atoms with van der Waals surface area (Å²) in [5.41, 5.74) is 1.26. The lowest BCUT2D eigenvalue weighted by atomic mass is 10.3. The Hall–Kier alpha value is -2.27. The topological polar surface area (TPSA) is 50.4 Å². The molecule has 0 unspecified atom stereocenters. The van der Waals surface area contributed by atoms with Gasteiger partial charge in [0.25, 0.3) is 0 Å². The first-order valence-electron chi connectivity index (χ1n) is 7.30. The summed E-state index contributed by atoms with van der Waals surface area (Å²) in [6.07, 6.45) is 0.952. The van der Waals surface area contributed by atoms with E-state index in [9.17, 15) is 9.18 Å². The van der Waals surface area contributed by atoms with E-state index in [1.54, 1.807) is 0 Å². The van der Waals surface area contributed by atoms with Gasteiger partial charge in [-0.15, -0.1) is 0 Å². The van der Waals surface area contributed by atoms with Crippen molar-refractivity contribution < 1.29 is 13.9 Å². The maximum atomic E-state index is 13.0. The van der Waals surface area contributed by atoms with Crippen LogP contribution in [0.25, 0.3) is 0 Å². The van der Waals surface area contributed by atoms with E-state index in [1.807, 2.05) is 31.2 Å². The zero-order valence-corrected chi connectivity index (χ0v) is 13.5. The average molecular weight is 337 g/mol. The molecule has 122 valence electrons. The number of rotatable bonds is 7. The molecule has 2 rings (SSSR count). The summed E-state index contributed by atoms with van der Waals surface area (Å²) in [7, 11) is 0. The number of carbonyl (C=O) groups excluding carboxylic acids is 1. The molecule has 2 aromatic carbocycles. The quantitative estimate of drug-likeness (QED) is 0.791. The lowest BCUT2D eigenvalue weighted by Gasteiger charge is -2.09. The molecular formula is C17H18ClFN2O2. The highest BCUT2D eigenvalue weighted by atomic mass is 35.5. The number of hydrogen-bond acceptors (Lipinski definition) is 3. The summed E-state index contributed by atoms with van der Waals surface area (Å²) in [6.45, 7) is 2.81. The molecule has 2 aromatic rings. The van der Waals surface area contributed by atoms with E-state index in [0.29, 0.717) is 12.3 Å². The smallest absolute Gasteiger partial charge is 0.243 e. The Bertz CT molecular complexity index is 662. The van der Waals surface area contributed by atoms with Crippen LogP contribution < -0.4 is 15.4 Å². The normalized spacial score (nSPS) is 10.2. The van der Waals surface area contributed by atoms with Gasteiger partial charge in [0.1, 0.15) is 11.6 Å². The van der Waals surface area contributed by atoms with Crippen molar-refractivity contribution in [2.75, 3.05) is 23.8 Å².